The summed E-state index contributed by atoms with van der Waals surface area (Å²) in [6.07, 6.45) is 0.863. The van der Waals surface area contributed by atoms with E-state index in [2.05, 4.69) is 28.1 Å². The molecule has 0 aromatic heterocycles. The predicted octanol–water partition coefficient (Wildman–Crippen LogP) is 3.97. The van der Waals surface area contributed by atoms with Crippen LogP contribution >= 0.6 is 15.9 Å². The molecule has 2 nitrogen and oxygen atoms in total. The number of benzene rings is 2. The Morgan fingerprint density at radius 2 is 1.89 bits per heavy atom. The lowest BCUT2D eigenvalue weighted by Crippen LogP contribution is -2.24. The SMILES string of the molecule is NC1CC(c2ccccc2)Oc2cc(Br)ccc21. The van der Waals surface area contributed by atoms with Crippen LogP contribution in [0.4, 0.5) is 0 Å². The Hall–Kier alpha value is -1.32. The summed E-state index contributed by atoms with van der Waals surface area (Å²) in [5, 5.41) is 0. The second-order valence-electron chi connectivity index (χ2n) is 4.54. The summed E-state index contributed by atoms with van der Waals surface area (Å²) in [7, 11) is 0. The molecule has 1 aliphatic heterocycles. The summed E-state index contributed by atoms with van der Waals surface area (Å²) in [4.78, 5) is 0. The quantitative estimate of drug-likeness (QED) is 0.865. The van der Waals surface area contributed by atoms with Gasteiger partial charge in [0.25, 0.3) is 0 Å². The van der Waals surface area contributed by atoms with Crippen LogP contribution in [0.3, 0.4) is 0 Å². The highest BCUT2D eigenvalue weighted by Gasteiger charge is 2.26. The maximum atomic E-state index is 6.23. The molecule has 3 rings (SSSR count). The third kappa shape index (κ3) is 2.16. The molecule has 0 spiro atoms. The second-order valence-corrected chi connectivity index (χ2v) is 5.46. The van der Waals surface area contributed by atoms with Gasteiger partial charge in [-0.05, 0) is 17.7 Å². The lowest BCUT2D eigenvalue weighted by atomic mass is 9.94. The van der Waals surface area contributed by atoms with Crippen molar-refractivity contribution >= 4 is 15.9 Å². The zero-order valence-corrected chi connectivity index (χ0v) is 11.4. The van der Waals surface area contributed by atoms with Gasteiger partial charge in [0, 0.05) is 22.5 Å². The molecule has 0 amide bonds. The summed E-state index contributed by atoms with van der Waals surface area (Å²) in [5.41, 5.74) is 8.50. The van der Waals surface area contributed by atoms with Crippen molar-refractivity contribution in [1.29, 1.82) is 0 Å². The van der Waals surface area contributed by atoms with Gasteiger partial charge in [-0.1, -0.05) is 52.3 Å². The topological polar surface area (TPSA) is 35.2 Å². The van der Waals surface area contributed by atoms with Gasteiger partial charge in [-0.25, -0.2) is 0 Å². The molecule has 2 aromatic carbocycles. The normalized spacial score (nSPS) is 22.1. The van der Waals surface area contributed by atoms with Crippen LogP contribution < -0.4 is 10.5 Å². The maximum absolute atomic E-state index is 6.23. The van der Waals surface area contributed by atoms with Crippen LogP contribution in [-0.4, -0.2) is 0 Å². The smallest absolute Gasteiger partial charge is 0.126 e. The minimum Gasteiger partial charge on any atom is -0.485 e. The molecule has 2 aromatic rings. The third-order valence-electron chi connectivity index (χ3n) is 3.28. The zero-order chi connectivity index (χ0) is 12.5. The molecule has 2 N–H and O–H groups in total. The van der Waals surface area contributed by atoms with Crippen LogP contribution in [0.2, 0.25) is 0 Å². The number of hydrogen-bond acceptors (Lipinski definition) is 2. The van der Waals surface area contributed by atoms with Crippen LogP contribution in [0.25, 0.3) is 0 Å². The first kappa shape index (κ1) is 11.8. The van der Waals surface area contributed by atoms with Crippen molar-refractivity contribution in [1.82, 2.24) is 0 Å². The Morgan fingerprint density at radius 3 is 2.67 bits per heavy atom. The highest BCUT2D eigenvalue weighted by atomic mass is 79.9. The molecule has 0 saturated carbocycles. The highest BCUT2D eigenvalue weighted by Crippen LogP contribution is 2.40. The summed E-state index contributed by atoms with van der Waals surface area (Å²) >= 11 is 3.47. The number of rotatable bonds is 1. The molecule has 0 aliphatic carbocycles. The molecule has 1 heterocycles. The predicted molar refractivity (Wildman–Crippen MR) is 75.5 cm³/mol. The molecule has 1 aliphatic rings. The van der Waals surface area contributed by atoms with Gasteiger partial charge in [0.1, 0.15) is 11.9 Å². The van der Waals surface area contributed by atoms with E-state index in [9.17, 15) is 0 Å². The van der Waals surface area contributed by atoms with Gasteiger partial charge >= 0.3 is 0 Å². The molecular weight excluding hydrogens is 290 g/mol. The number of nitrogens with two attached hydrogens (primary N) is 1. The second kappa shape index (κ2) is 4.75. The van der Waals surface area contributed by atoms with Crippen LogP contribution in [0, 0.1) is 0 Å². The van der Waals surface area contributed by atoms with E-state index in [1.165, 1.54) is 5.56 Å². The third-order valence-corrected chi connectivity index (χ3v) is 3.78. The first-order valence-corrected chi connectivity index (χ1v) is 6.80. The fourth-order valence-corrected chi connectivity index (χ4v) is 2.69. The lowest BCUT2D eigenvalue weighted by Gasteiger charge is -2.30. The Morgan fingerprint density at radius 1 is 1.11 bits per heavy atom. The van der Waals surface area contributed by atoms with Gasteiger partial charge < -0.3 is 10.5 Å². The first-order valence-electron chi connectivity index (χ1n) is 6.00. The van der Waals surface area contributed by atoms with Crippen molar-refractivity contribution in [2.75, 3.05) is 0 Å². The molecule has 0 fully saturated rings. The number of ether oxygens (including phenoxy) is 1. The van der Waals surface area contributed by atoms with Crippen molar-refractivity contribution in [3.63, 3.8) is 0 Å². The fourth-order valence-electron chi connectivity index (χ4n) is 2.35. The number of hydrogen-bond donors (Lipinski definition) is 1. The van der Waals surface area contributed by atoms with E-state index < -0.39 is 0 Å². The van der Waals surface area contributed by atoms with Gasteiger partial charge in [0.2, 0.25) is 0 Å². The molecule has 0 saturated heterocycles. The molecule has 0 radical (unpaired) electrons. The minimum atomic E-state index is 0.0343. The summed E-state index contributed by atoms with van der Waals surface area (Å²) in [6.45, 7) is 0. The summed E-state index contributed by atoms with van der Waals surface area (Å²) < 4.78 is 7.08. The van der Waals surface area contributed by atoms with E-state index in [0.29, 0.717) is 0 Å². The Balaban J connectivity index is 1.96. The molecule has 0 bridgehead atoms. The van der Waals surface area contributed by atoms with Crippen LogP contribution in [0.5, 0.6) is 5.75 Å². The van der Waals surface area contributed by atoms with E-state index in [-0.39, 0.29) is 12.1 Å². The number of fused-ring (bicyclic) bond motifs is 1. The molecule has 92 valence electrons. The molecule has 2 atom stereocenters. The van der Waals surface area contributed by atoms with E-state index in [4.69, 9.17) is 10.5 Å². The van der Waals surface area contributed by atoms with Crippen LogP contribution in [-0.2, 0) is 0 Å². The lowest BCUT2D eigenvalue weighted by molar-refractivity contribution is 0.161. The standard InChI is InChI=1S/C15H14BrNO/c16-11-6-7-12-13(17)9-14(18-15(12)8-11)10-4-2-1-3-5-10/h1-8,13-14H,9,17H2. The molecular formula is C15H14BrNO. The van der Waals surface area contributed by atoms with E-state index in [1.807, 2.05) is 36.4 Å². The minimum absolute atomic E-state index is 0.0343. The summed E-state index contributed by atoms with van der Waals surface area (Å²) in [6, 6.07) is 16.3. The van der Waals surface area contributed by atoms with Crippen molar-refractivity contribution in [2.24, 2.45) is 5.73 Å². The first-order chi connectivity index (χ1) is 8.74. The van der Waals surface area contributed by atoms with Crippen molar-refractivity contribution in [3.8, 4) is 5.75 Å². The average Bonchev–Trinajstić information content (AvgIpc) is 2.39. The van der Waals surface area contributed by atoms with Gasteiger partial charge in [0.05, 0.1) is 0 Å². The van der Waals surface area contributed by atoms with Crippen molar-refractivity contribution < 1.29 is 4.74 Å². The van der Waals surface area contributed by atoms with Crippen LogP contribution in [0.1, 0.15) is 29.7 Å². The Kier molecular flexibility index (Phi) is 3.10. The largest absolute Gasteiger partial charge is 0.485 e. The fraction of sp³-hybridized carbons (Fsp3) is 0.200. The van der Waals surface area contributed by atoms with E-state index in [0.717, 1.165) is 22.2 Å². The van der Waals surface area contributed by atoms with Gasteiger partial charge in [-0.2, -0.15) is 0 Å². The highest BCUT2D eigenvalue weighted by molar-refractivity contribution is 9.10. The van der Waals surface area contributed by atoms with Gasteiger partial charge in [0.15, 0.2) is 0 Å². The zero-order valence-electron chi connectivity index (χ0n) is 9.84. The van der Waals surface area contributed by atoms with E-state index in [1.54, 1.807) is 0 Å². The number of halogens is 1. The van der Waals surface area contributed by atoms with Gasteiger partial charge in [-0.15, -0.1) is 0 Å². The molecule has 2 unspecified atom stereocenters. The Bertz CT molecular complexity index is 556. The van der Waals surface area contributed by atoms with Crippen molar-refractivity contribution in [3.05, 3.63) is 64.1 Å². The Labute approximate surface area is 115 Å². The van der Waals surface area contributed by atoms with Gasteiger partial charge in [-0.3, -0.25) is 0 Å². The molecule has 3 heteroatoms. The van der Waals surface area contributed by atoms with Crippen molar-refractivity contribution in [2.45, 2.75) is 18.6 Å². The maximum Gasteiger partial charge on any atom is 0.126 e. The average molecular weight is 304 g/mol. The van der Waals surface area contributed by atoms with E-state index >= 15 is 0 Å². The summed E-state index contributed by atoms with van der Waals surface area (Å²) in [5.74, 6) is 0.886. The molecule has 18 heavy (non-hydrogen) atoms. The monoisotopic (exact) mass is 303 g/mol. The van der Waals surface area contributed by atoms with Crippen LogP contribution in [0.15, 0.2) is 53.0 Å².